The lowest BCUT2D eigenvalue weighted by atomic mass is 10.0. The first-order valence-corrected chi connectivity index (χ1v) is 10.2. The molecule has 0 aromatic carbocycles. The summed E-state index contributed by atoms with van der Waals surface area (Å²) in [4.78, 5) is 70.9. The number of aliphatic hydroxyl groups is 1. The van der Waals surface area contributed by atoms with Gasteiger partial charge in [-0.25, -0.2) is 4.79 Å². The Morgan fingerprint density at radius 2 is 1.30 bits per heavy atom. The van der Waals surface area contributed by atoms with Crippen LogP contribution in [0.5, 0.6) is 0 Å². The largest absolute Gasteiger partial charge is 0.481 e. The van der Waals surface area contributed by atoms with Crippen molar-refractivity contribution in [3.63, 3.8) is 0 Å². The van der Waals surface area contributed by atoms with Gasteiger partial charge >= 0.3 is 11.9 Å². The molecule has 188 valence electrons. The number of carboxylic acid groups (broad SMARTS) is 2. The zero-order valence-electron chi connectivity index (χ0n) is 18.7. The Kier molecular flexibility index (Phi) is 12.6. The summed E-state index contributed by atoms with van der Waals surface area (Å²) in [7, 11) is 0. The van der Waals surface area contributed by atoms with Crippen molar-refractivity contribution in [2.75, 3.05) is 0 Å². The molecule has 0 aliphatic rings. The number of nitrogens with two attached hydrogens (primary N) is 2. The van der Waals surface area contributed by atoms with Gasteiger partial charge in [0.1, 0.15) is 24.2 Å². The molecule has 33 heavy (non-hydrogen) atoms. The third-order valence-electron chi connectivity index (χ3n) is 4.47. The van der Waals surface area contributed by atoms with Crippen molar-refractivity contribution in [2.45, 2.75) is 76.7 Å². The number of carbonyl (C=O) groups is 6. The number of amides is 4. The highest BCUT2D eigenvalue weighted by Gasteiger charge is 2.32. The van der Waals surface area contributed by atoms with Crippen molar-refractivity contribution in [3.8, 4) is 0 Å². The number of aliphatic hydroxyl groups excluding tert-OH is 1. The summed E-state index contributed by atoms with van der Waals surface area (Å²) in [6.45, 7) is 4.69. The summed E-state index contributed by atoms with van der Waals surface area (Å²) in [5, 5.41) is 34.4. The maximum Gasteiger partial charge on any atom is 0.326 e. The molecule has 4 amide bonds. The van der Waals surface area contributed by atoms with E-state index < -0.39 is 72.3 Å². The van der Waals surface area contributed by atoms with Crippen LogP contribution >= 0.6 is 0 Å². The minimum atomic E-state index is -1.62. The highest BCUT2D eigenvalue weighted by molar-refractivity contribution is 5.95. The van der Waals surface area contributed by atoms with E-state index >= 15 is 0 Å². The van der Waals surface area contributed by atoms with Crippen LogP contribution < -0.4 is 27.4 Å². The topological polar surface area (TPSA) is 251 Å². The van der Waals surface area contributed by atoms with E-state index in [1.54, 1.807) is 13.8 Å². The number of rotatable bonds is 15. The Labute approximate surface area is 190 Å². The number of nitrogens with one attached hydrogen (secondary N) is 3. The van der Waals surface area contributed by atoms with Gasteiger partial charge in [0.25, 0.3) is 0 Å². The molecule has 0 aromatic rings. The van der Waals surface area contributed by atoms with E-state index in [1.165, 1.54) is 6.92 Å². The first-order chi connectivity index (χ1) is 15.1. The second-order valence-corrected chi connectivity index (χ2v) is 8.02. The summed E-state index contributed by atoms with van der Waals surface area (Å²) in [6.07, 6.45) is -2.62. The molecule has 14 heteroatoms. The van der Waals surface area contributed by atoms with Crippen molar-refractivity contribution in [1.29, 1.82) is 0 Å². The van der Waals surface area contributed by atoms with Gasteiger partial charge in [0.2, 0.25) is 23.6 Å². The summed E-state index contributed by atoms with van der Waals surface area (Å²) >= 11 is 0. The molecule has 0 heterocycles. The molecule has 14 nitrogen and oxygen atoms in total. The van der Waals surface area contributed by atoms with Crippen molar-refractivity contribution >= 4 is 35.6 Å². The molecule has 10 N–H and O–H groups in total. The SMILES string of the molecule is CC(C)CC(NC(=O)C(CC(=O)O)NC(=O)C(N)C(C)O)C(=O)NC(CCC(N)=O)C(=O)O. The maximum absolute atomic E-state index is 12.7. The van der Waals surface area contributed by atoms with Gasteiger partial charge in [-0.05, 0) is 25.7 Å². The molecule has 0 fully saturated rings. The Morgan fingerprint density at radius 1 is 0.818 bits per heavy atom. The highest BCUT2D eigenvalue weighted by atomic mass is 16.4. The molecular weight excluding hydrogens is 442 g/mol. The van der Waals surface area contributed by atoms with Gasteiger partial charge in [-0.1, -0.05) is 13.8 Å². The number of carboxylic acids is 2. The molecule has 0 rings (SSSR count). The summed E-state index contributed by atoms with van der Waals surface area (Å²) in [5.74, 6) is -6.63. The van der Waals surface area contributed by atoms with E-state index in [-0.39, 0.29) is 25.2 Å². The van der Waals surface area contributed by atoms with Gasteiger partial charge in [-0.3, -0.25) is 24.0 Å². The monoisotopic (exact) mass is 475 g/mol. The van der Waals surface area contributed by atoms with Crippen LogP contribution in [0.25, 0.3) is 0 Å². The van der Waals surface area contributed by atoms with Crippen LogP contribution in [-0.2, 0) is 28.8 Å². The lowest BCUT2D eigenvalue weighted by molar-refractivity contribution is -0.143. The number of hydrogen-bond donors (Lipinski definition) is 8. The molecule has 0 bridgehead atoms. The van der Waals surface area contributed by atoms with E-state index in [0.29, 0.717) is 0 Å². The van der Waals surface area contributed by atoms with Crippen LogP contribution in [-0.4, -0.2) is 81.2 Å². The molecule has 0 radical (unpaired) electrons. The second kappa shape index (κ2) is 14.0. The fraction of sp³-hybridized carbons (Fsp3) is 0.684. The number of hydrogen-bond acceptors (Lipinski definition) is 8. The fourth-order valence-electron chi connectivity index (χ4n) is 2.66. The van der Waals surface area contributed by atoms with Crippen molar-refractivity contribution in [1.82, 2.24) is 16.0 Å². The van der Waals surface area contributed by atoms with Gasteiger partial charge < -0.3 is 42.7 Å². The molecule has 0 spiro atoms. The van der Waals surface area contributed by atoms with Crippen LogP contribution in [0.2, 0.25) is 0 Å². The predicted molar refractivity (Wildman–Crippen MR) is 113 cm³/mol. The van der Waals surface area contributed by atoms with E-state index in [0.717, 1.165) is 0 Å². The van der Waals surface area contributed by atoms with Gasteiger partial charge in [0, 0.05) is 6.42 Å². The summed E-state index contributed by atoms with van der Waals surface area (Å²) in [5.41, 5.74) is 10.5. The molecule has 0 saturated carbocycles. The van der Waals surface area contributed by atoms with Crippen LogP contribution in [0.15, 0.2) is 0 Å². The Bertz CT molecular complexity index is 741. The molecule has 0 saturated heterocycles. The molecule has 5 atom stereocenters. The van der Waals surface area contributed by atoms with E-state index in [9.17, 15) is 39.0 Å². The van der Waals surface area contributed by atoms with Gasteiger partial charge in [-0.15, -0.1) is 0 Å². The Balaban J connectivity index is 5.54. The van der Waals surface area contributed by atoms with Crippen LogP contribution in [0.3, 0.4) is 0 Å². The second-order valence-electron chi connectivity index (χ2n) is 8.02. The lowest BCUT2D eigenvalue weighted by Gasteiger charge is -2.25. The average Bonchev–Trinajstić information content (AvgIpc) is 2.67. The van der Waals surface area contributed by atoms with E-state index in [2.05, 4.69) is 16.0 Å². The third kappa shape index (κ3) is 11.8. The smallest absolute Gasteiger partial charge is 0.326 e. The summed E-state index contributed by atoms with van der Waals surface area (Å²) in [6, 6.07) is -5.76. The van der Waals surface area contributed by atoms with Crippen molar-refractivity contribution < 1.29 is 44.1 Å². The Hall–Kier alpha value is -3.26. The average molecular weight is 475 g/mol. The quantitative estimate of drug-likeness (QED) is 0.119. The third-order valence-corrected chi connectivity index (χ3v) is 4.47. The lowest BCUT2D eigenvalue weighted by Crippen LogP contribution is -2.58. The minimum Gasteiger partial charge on any atom is -0.481 e. The highest BCUT2D eigenvalue weighted by Crippen LogP contribution is 2.08. The van der Waals surface area contributed by atoms with Gasteiger partial charge in [0.05, 0.1) is 12.5 Å². The van der Waals surface area contributed by atoms with Crippen molar-refractivity contribution in [2.24, 2.45) is 17.4 Å². The number of carbonyl (C=O) groups excluding carboxylic acids is 4. The molecule has 5 unspecified atom stereocenters. The van der Waals surface area contributed by atoms with Crippen LogP contribution in [0.4, 0.5) is 0 Å². The molecule has 0 aromatic heterocycles. The molecular formula is C19H33N5O9. The van der Waals surface area contributed by atoms with Crippen LogP contribution in [0, 0.1) is 5.92 Å². The minimum absolute atomic E-state index is 0.0562. The van der Waals surface area contributed by atoms with Gasteiger partial charge in [-0.2, -0.15) is 0 Å². The normalized spacial score (nSPS) is 15.5. The first-order valence-electron chi connectivity index (χ1n) is 10.2. The van der Waals surface area contributed by atoms with Crippen LogP contribution in [0.1, 0.15) is 46.5 Å². The first kappa shape index (κ1) is 29.7. The number of aliphatic carboxylic acids is 2. The van der Waals surface area contributed by atoms with E-state index in [4.69, 9.17) is 16.6 Å². The maximum atomic E-state index is 12.7. The van der Waals surface area contributed by atoms with E-state index in [1.807, 2.05) is 0 Å². The zero-order chi connectivity index (χ0) is 25.9. The van der Waals surface area contributed by atoms with Crippen molar-refractivity contribution in [3.05, 3.63) is 0 Å². The Morgan fingerprint density at radius 3 is 1.73 bits per heavy atom. The predicted octanol–water partition coefficient (Wildman–Crippen LogP) is -2.98. The summed E-state index contributed by atoms with van der Waals surface area (Å²) < 4.78 is 0. The standard InChI is InChI=1S/C19H33N5O9/c1-8(2)6-11(16(29)22-10(19(32)33)4-5-13(20)26)23-17(30)12(7-14(27)28)24-18(31)15(21)9(3)25/h8-12,15,25H,4-7,21H2,1-3H3,(H2,20,26)(H,22,29)(H,23,30)(H,24,31)(H,27,28)(H,32,33). The zero-order valence-corrected chi connectivity index (χ0v) is 18.7. The number of primary amides is 1. The molecule has 0 aliphatic heterocycles. The molecule has 0 aliphatic carbocycles. The van der Waals surface area contributed by atoms with Gasteiger partial charge in [0.15, 0.2) is 0 Å². The fourth-order valence-corrected chi connectivity index (χ4v) is 2.66.